The first-order valence-electron chi connectivity index (χ1n) is 4.14. The number of carbonyl (C=O) groups is 4. The van der Waals surface area contributed by atoms with Crippen molar-refractivity contribution in [2.45, 2.75) is 0 Å². The van der Waals surface area contributed by atoms with Crippen LogP contribution in [-0.4, -0.2) is 46.6 Å². The highest BCUT2D eigenvalue weighted by Gasteiger charge is 2.36. The lowest BCUT2D eigenvalue weighted by Gasteiger charge is -2.10. The van der Waals surface area contributed by atoms with Crippen molar-refractivity contribution in [3.8, 4) is 0 Å². The number of amides is 3. The van der Waals surface area contributed by atoms with Crippen molar-refractivity contribution in [2.24, 2.45) is 0 Å². The SMILES string of the molecule is CNC(=O)CN1C(=O)S/C(=C/C(=O)O)C1=O. The summed E-state index contributed by atoms with van der Waals surface area (Å²) >= 11 is 0.500. The van der Waals surface area contributed by atoms with Gasteiger partial charge in [0.25, 0.3) is 11.1 Å². The molecule has 0 aromatic rings. The normalized spacial score (nSPS) is 18.1. The molecule has 16 heavy (non-hydrogen) atoms. The minimum Gasteiger partial charge on any atom is -0.478 e. The van der Waals surface area contributed by atoms with Crippen LogP contribution < -0.4 is 5.32 Å². The third-order valence-corrected chi connectivity index (χ3v) is 2.62. The number of carboxylic acid groups (broad SMARTS) is 1. The lowest BCUT2D eigenvalue weighted by atomic mass is 10.4. The highest BCUT2D eigenvalue weighted by Crippen LogP contribution is 2.29. The van der Waals surface area contributed by atoms with Crippen molar-refractivity contribution >= 4 is 34.8 Å². The molecule has 2 N–H and O–H groups in total. The molecular formula is C8H8N2O5S. The Balaban J connectivity index is 2.83. The van der Waals surface area contributed by atoms with Crippen molar-refractivity contribution in [3.05, 3.63) is 11.0 Å². The first-order chi connectivity index (χ1) is 7.45. The van der Waals surface area contributed by atoms with Gasteiger partial charge in [0.2, 0.25) is 5.91 Å². The fraction of sp³-hybridized carbons (Fsp3) is 0.250. The molecule has 0 bridgehead atoms. The van der Waals surface area contributed by atoms with Gasteiger partial charge in [-0.2, -0.15) is 0 Å². The van der Waals surface area contributed by atoms with E-state index in [-0.39, 0.29) is 4.91 Å². The van der Waals surface area contributed by atoms with Gasteiger partial charge in [0, 0.05) is 13.1 Å². The molecule has 0 spiro atoms. The van der Waals surface area contributed by atoms with Crippen LogP contribution >= 0.6 is 11.8 Å². The van der Waals surface area contributed by atoms with Crippen LogP contribution in [0.5, 0.6) is 0 Å². The number of likely N-dealkylation sites (N-methyl/N-ethyl adjacent to an activating group) is 1. The van der Waals surface area contributed by atoms with E-state index in [0.29, 0.717) is 22.7 Å². The second kappa shape index (κ2) is 4.79. The van der Waals surface area contributed by atoms with E-state index in [9.17, 15) is 19.2 Å². The van der Waals surface area contributed by atoms with Crippen LogP contribution in [0.4, 0.5) is 4.79 Å². The van der Waals surface area contributed by atoms with E-state index < -0.39 is 29.6 Å². The Bertz CT molecular complexity index is 403. The second-order valence-electron chi connectivity index (χ2n) is 2.78. The van der Waals surface area contributed by atoms with Gasteiger partial charge in [-0.3, -0.25) is 19.3 Å². The van der Waals surface area contributed by atoms with Gasteiger partial charge in [0.15, 0.2) is 0 Å². The second-order valence-corrected chi connectivity index (χ2v) is 3.77. The minimum atomic E-state index is -1.31. The van der Waals surface area contributed by atoms with E-state index in [4.69, 9.17) is 5.11 Å². The molecule has 0 atom stereocenters. The van der Waals surface area contributed by atoms with Gasteiger partial charge in [0.1, 0.15) is 6.54 Å². The van der Waals surface area contributed by atoms with Crippen LogP contribution in [0.3, 0.4) is 0 Å². The number of imide groups is 1. The summed E-state index contributed by atoms with van der Waals surface area (Å²) in [5.41, 5.74) is 0. The average molecular weight is 244 g/mol. The quantitative estimate of drug-likeness (QED) is 0.642. The van der Waals surface area contributed by atoms with Gasteiger partial charge in [-0.15, -0.1) is 0 Å². The van der Waals surface area contributed by atoms with E-state index >= 15 is 0 Å². The topological polar surface area (TPSA) is 104 Å². The molecule has 0 aliphatic carbocycles. The van der Waals surface area contributed by atoms with E-state index in [2.05, 4.69) is 5.32 Å². The van der Waals surface area contributed by atoms with Gasteiger partial charge in [-0.05, 0) is 11.8 Å². The van der Waals surface area contributed by atoms with Crippen molar-refractivity contribution in [3.63, 3.8) is 0 Å². The summed E-state index contributed by atoms with van der Waals surface area (Å²) in [7, 11) is 1.37. The molecular weight excluding hydrogens is 236 g/mol. The Morgan fingerprint density at radius 2 is 2.12 bits per heavy atom. The Morgan fingerprint density at radius 3 is 2.62 bits per heavy atom. The standard InChI is InChI=1S/C8H8N2O5S/c1-9-5(11)3-10-7(14)4(2-6(12)13)16-8(10)15/h2H,3H2,1H3,(H,9,11)(H,12,13)/b4-2+. The number of carboxylic acids is 1. The van der Waals surface area contributed by atoms with Crippen LogP contribution in [0.2, 0.25) is 0 Å². The molecule has 7 nitrogen and oxygen atoms in total. The molecule has 1 saturated heterocycles. The van der Waals surface area contributed by atoms with Crippen molar-refractivity contribution in [2.75, 3.05) is 13.6 Å². The van der Waals surface area contributed by atoms with E-state index in [1.54, 1.807) is 0 Å². The lowest BCUT2D eigenvalue weighted by Crippen LogP contribution is -2.38. The smallest absolute Gasteiger partial charge is 0.329 e. The predicted molar refractivity (Wildman–Crippen MR) is 54.5 cm³/mol. The largest absolute Gasteiger partial charge is 0.478 e. The fourth-order valence-corrected chi connectivity index (χ4v) is 1.77. The summed E-state index contributed by atoms with van der Waals surface area (Å²) in [6, 6.07) is 0. The summed E-state index contributed by atoms with van der Waals surface area (Å²) in [5, 5.41) is 10.0. The van der Waals surface area contributed by atoms with Crippen molar-refractivity contribution < 1.29 is 24.3 Å². The Labute approximate surface area is 94.5 Å². The number of rotatable bonds is 3. The molecule has 86 valence electrons. The third-order valence-electron chi connectivity index (χ3n) is 1.71. The van der Waals surface area contributed by atoms with Crippen LogP contribution in [-0.2, 0) is 14.4 Å². The first kappa shape index (κ1) is 12.2. The van der Waals surface area contributed by atoms with Crippen LogP contribution in [0.25, 0.3) is 0 Å². The van der Waals surface area contributed by atoms with Crippen LogP contribution in [0.15, 0.2) is 11.0 Å². The van der Waals surface area contributed by atoms with E-state index in [0.717, 1.165) is 0 Å². The monoisotopic (exact) mass is 244 g/mol. The van der Waals surface area contributed by atoms with Crippen molar-refractivity contribution in [1.29, 1.82) is 0 Å². The number of carbonyl (C=O) groups excluding carboxylic acids is 3. The Morgan fingerprint density at radius 1 is 1.50 bits per heavy atom. The molecule has 0 aromatic carbocycles. The molecule has 0 unspecified atom stereocenters. The molecule has 1 fully saturated rings. The summed E-state index contributed by atoms with van der Waals surface area (Å²) < 4.78 is 0. The van der Waals surface area contributed by atoms with Gasteiger partial charge in [0.05, 0.1) is 4.91 Å². The number of aliphatic carboxylic acids is 1. The van der Waals surface area contributed by atoms with Gasteiger partial charge in [-0.25, -0.2) is 4.79 Å². The van der Waals surface area contributed by atoms with Crippen molar-refractivity contribution in [1.82, 2.24) is 10.2 Å². The molecule has 1 heterocycles. The highest BCUT2D eigenvalue weighted by molar-refractivity contribution is 8.18. The van der Waals surface area contributed by atoms with Gasteiger partial charge >= 0.3 is 5.97 Å². The zero-order chi connectivity index (χ0) is 12.3. The molecule has 1 rings (SSSR count). The number of nitrogens with one attached hydrogen (secondary N) is 1. The fourth-order valence-electron chi connectivity index (χ4n) is 0.971. The maximum atomic E-state index is 11.5. The molecule has 0 radical (unpaired) electrons. The molecule has 0 saturated carbocycles. The summed E-state index contributed by atoms with van der Waals surface area (Å²) in [6.45, 7) is -0.405. The molecule has 3 amide bonds. The number of thioether (sulfide) groups is 1. The third kappa shape index (κ3) is 2.60. The zero-order valence-corrected chi connectivity index (χ0v) is 9.04. The van der Waals surface area contributed by atoms with E-state index in [1.165, 1.54) is 7.05 Å². The van der Waals surface area contributed by atoms with Crippen LogP contribution in [0, 0.1) is 0 Å². The highest BCUT2D eigenvalue weighted by atomic mass is 32.2. The molecule has 1 aliphatic heterocycles. The van der Waals surface area contributed by atoms with Gasteiger partial charge < -0.3 is 10.4 Å². The maximum absolute atomic E-state index is 11.5. The molecule has 1 aliphatic rings. The van der Waals surface area contributed by atoms with Crippen LogP contribution in [0.1, 0.15) is 0 Å². The number of hydrogen-bond acceptors (Lipinski definition) is 5. The van der Waals surface area contributed by atoms with E-state index in [1.807, 2.05) is 0 Å². The first-order valence-corrected chi connectivity index (χ1v) is 4.96. The molecule has 8 heteroatoms. The molecule has 0 aromatic heterocycles. The zero-order valence-electron chi connectivity index (χ0n) is 8.22. The summed E-state index contributed by atoms with van der Waals surface area (Å²) in [5.74, 6) is -2.58. The maximum Gasteiger partial charge on any atom is 0.329 e. The lowest BCUT2D eigenvalue weighted by molar-refractivity contribution is -0.132. The number of hydrogen-bond donors (Lipinski definition) is 2. The average Bonchev–Trinajstić information content (AvgIpc) is 2.45. The summed E-state index contributed by atoms with van der Waals surface area (Å²) in [6.07, 6.45) is 0.648. The summed E-state index contributed by atoms with van der Waals surface area (Å²) in [4.78, 5) is 44.6. The minimum absolute atomic E-state index is 0.193. The predicted octanol–water partition coefficient (Wildman–Crippen LogP) is -0.604. The van der Waals surface area contributed by atoms with Gasteiger partial charge in [-0.1, -0.05) is 0 Å². The number of nitrogens with zero attached hydrogens (tertiary/aromatic N) is 1. The Hall–Kier alpha value is -1.83. The Kier molecular flexibility index (Phi) is 3.67.